The number of aliphatic hydroxyl groups excluding tert-OH is 1. The fraction of sp³-hybridized carbons (Fsp3) is 0.773. The van der Waals surface area contributed by atoms with Crippen molar-refractivity contribution in [1.29, 1.82) is 0 Å². The molecule has 4 saturated carbocycles. The van der Waals surface area contributed by atoms with Gasteiger partial charge in [-0.1, -0.05) is 83.3 Å². The highest BCUT2D eigenvalue weighted by atomic mass is 35.5. The monoisotopic (exact) mass is 723 g/mol. The van der Waals surface area contributed by atoms with E-state index in [1.165, 1.54) is 24.8 Å². The van der Waals surface area contributed by atoms with Crippen molar-refractivity contribution in [1.82, 2.24) is 5.32 Å². The van der Waals surface area contributed by atoms with Gasteiger partial charge < -0.3 is 20.3 Å². The van der Waals surface area contributed by atoms with Gasteiger partial charge in [0.1, 0.15) is 6.10 Å². The molecule has 5 aliphatic rings. The summed E-state index contributed by atoms with van der Waals surface area (Å²) in [5.74, 6) is 0.611. The van der Waals surface area contributed by atoms with Crippen LogP contribution >= 0.6 is 11.6 Å². The Bertz CT molecular complexity index is 1530. The number of allylic oxidation sites excluding steroid dienone is 1. The van der Waals surface area contributed by atoms with E-state index in [-0.39, 0.29) is 39.6 Å². The van der Waals surface area contributed by atoms with Gasteiger partial charge in [0.15, 0.2) is 0 Å². The molecule has 284 valence electrons. The maximum Gasteiger partial charge on any atom is 0.309 e. The van der Waals surface area contributed by atoms with Crippen molar-refractivity contribution in [2.45, 2.75) is 152 Å². The molecule has 5 aliphatic carbocycles. The summed E-state index contributed by atoms with van der Waals surface area (Å²) < 4.78 is 6.18. The molecule has 9 atom stereocenters. The van der Waals surface area contributed by atoms with Crippen molar-refractivity contribution in [3.8, 4) is 0 Å². The lowest BCUT2D eigenvalue weighted by atomic mass is 9.33. The number of halogens is 1. The average molecular weight is 724 g/mol. The molecule has 0 aromatic heterocycles. The smallest absolute Gasteiger partial charge is 0.309 e. The summed E-state index contributed by atoms with van der Waals surface area (Å²) in [6.07, 6.45) is 10.2. The largest absolute Gasteiger partial charge is 0.481 e. The van der Waals surface area contributed by atoms with Crippen molar-refractivity contribution in [2.75, 3.05) is 6.54 Å². The van der Waals surface area contributed by atoms with Crippen molar-refractivity contribution in [3.63, 3.8) is 0 Å². The second-order valence-electron chi connectivity index (χ2n) is 19.8. The number of aliphatic carboxylic acids is 1. The summed E-state index contributed by atoms with van der Waals surface area (Å²) in [6, 6.07) is 7.98. The highest BCUT2D eigenvalue weighted by Crippen LogP contribution is 2.77. The third-order valence-electron chi connectivity index (χ3n) is 16.3. The molecule has 0 saturated heterocycles. The average Bonchev–Trinajstić information content (AvgIpc) is 3.45. The van der Waals surface area contributed by atoms with Crippen LogP contribution in [0.15, 0.2) is 35.4 Å². The van der Waals surface area contributed by atoms with Crippen molar-refractivity contribution < 1.29 is 24.5 Å². The van der Waals surface area contributed by atoms with Crippen LogP contribution < -0.4 is 5.32 Å². The summed E-state index contributed by atoms with van der Waals surface area (Å²) in [6.45, 7) is 21.7. The second-order valence-corrected chi connectivity index (χ2v) is 20.3. The van der Waals surface area contributed by atoms with Crippen LogP contribution in [-0.2, 0) is 20.9 Å². The summed E-state index contributed by atoms with van der Waals surface area (Å²) in [4.78, 5) is 24.8. The zero-order valence-electron chi connectivity index (χ0n) is 33.0. The normalized spacial score (nSPS) is 38.0. The Labute approximate surface area is 312 Å². The first kappa shape index (κ1) is 38.8. The second kappa shape index (κ2) is 13.4. The van der Waals surface area contributed by atoms with Gasteiger partial charge in [0, 0.05) is 28.9 Å². The quantitative estimate of drug-likeness (QED) is 0.164. The Balaban J connectivity index is 1.23. The van der Waals surface area contributed by atoms with Crippen LogP contribution in [0.5, 0.6) is 0 Å². The van der Waals surface area contributed by atoms with Crippen LogP contribution in [0.25, 0.3) is 0 Å². The Morgan fingerprint density at radius 1 is 0.922 bits per heavy atom. The lowest BCUT2D eigenvalue weighted by Crippen LogP contribution is -2.66. The molecule has 4 fully saturated rings. The molecule has 0 spiro atoms. The zero-order chi connectivity index (χ0) is 37.4. The summed E-state index contributed by atoms with van der Waals surface area (Å²) in [7, 11) is 0. The fourth-order valence-electron chi connectivity index (χ4n) is 13.2. The topological polar surface area (TPSA) is 95.9 Å². The predicted octanol–water partition coefficient (Wildman–Crippen LogP) is 10.0. The number of carboxylic acids is 1. The number of carbonyl (C=O) groups excluding carboxylic acids is 1. The molecule has 0 aliphatic heterocycles. The zero-order valence-corrected chi connectivity index (χ0v) is 33.7. The highest BCUT2D eigenvalue weighted by molar-refractivity contribution is 6.30. The lowest BCUT2D eigenvalue weighted by molar-refractivity contribution is -0.235. The number of rotatable bonds is 10. The molecule has 6 rings (SSSR count). The van der Waals surface area contributed by atoms with Gasteiger partial charge in [-0.15, -0.1) is 0 Å². The molecule has 0 bridgehead atoms. The third-order valence-corrected chi connectivity index (χ3v) is 16.6. The third kappa shape index (κ3) is 6.23. The van der Waals surface area contributed by atoms with E-state index in [1.54, 1.807) is 25.0 Å². The van der Waals surface area contributed by atoms with E-state index in [1.807, 2.05) is 12.1 Å². The van der Waals surface area contributed by atoms with Gasteiger partial charge in [-0.25, -0.2) is 0 Å². The molecule has 3 N–H and O–H groups in total. The molecule has 7 heteroatoms. The van der Waals surface area contributed by atoms with Crippen LogP contribution in [0, 0.1) is 56.2 Å². The Morgan fingerprint density at radius 3 is 2.25 bits per heavy atom. The van der Waals surface area contributed by atoms with Crippen LogP contribution in [0.1, 0.15) is 139 Å². The Hall–Kier alpha value is -1.89. The number of nitrogens with one attached hydrogen (secondary N) is 1. The number of carbonyl (C=O) groups is 2. The first-order chi connectivity index (χ1) is 23.7. The Kier molecular flexibility index (Phi) is 10.2. The number of fused-ring (bicyclic) bond motifs is 7. The number of hydrogen-bond acceptors (Lipinski definition) is 5. The van der Waals surface area contributed by atoms with Crippen molar-refractivity contribution >= 4 is 23.5 Å². The number of esters is 1. The first-order valence-corrected chi connectivity index (χ1v) is 20.4. The van der Waals surface area contributed by atoms with Gasteiger partial charge in [0.05, 0.1) is 17.9 Å². The van der Waals surface area contributed by atoms with Gasteiger partial charge in [-0.3, -0.25) is 9.59 Å². The van der Waals surface area contributed by atoms with E-state index in [0.717, 1.165) is 56.5 Å². The van der Waals surface area contributed by atoms with E-state index >= 15 is 0 Å². The van der Waals surface area contributed by atoms with Crippen LogP contribution in [0.3, 0.4) is 0 Å². The predicted molar refractivity (Wildman–Crippen MR) is 204 cm³/mol. The van der Waals surface area contributed by atoms with Gasteiger partial charge in [-0.2, -0.15) is 0 Å². The minimum atomic E-state index is -1.14. The van der Waals surface area contributed by atoms with Crippen LogP contribution in [0.2, 0.25) is 5.02 Å². The molecule has 0 amide bonds. The minimum absolute atomic E-state index is 0.111. The SMILES string of the molecule is CC(C)C1=C2[C@H]3CC[C@@H]4[C@@]5(C)CC[C@H](OC(=O)CC(C)(C)C(=O)O)C(C)(C)[C@@H]5CC[C@@]4(C)[C@]3(C)CC[C@@]2(C(O)CNCc2ccc(Cl)cc2)CC1. The van der Waals surface area contributed by atoms with Crippen molar-refractivity contribution in [2.24, 2.45) is 56.2 Å². The van der Waals surface area contributed by atoms with E-state index in [2.05, 4.69) is 65.9 Å². The summed E-state index contributed by atoms with van der Waals surface area (Å²) >= 11 is 6.12. The fourth-order valence-corrected chi connectivity index (χ4v) is 13.3. The number of carboxylic acid groups (broad SMARTS) is 1. The molecule has 6 nitrogen and oxygen atoms in total. The minimum Gasteiger partial charge on any atom is -0.481 e. The number of aliphatic hydroxyl groups is 1. The van der Waals surface area contributed by atoms with Gasteiger partial charge in [0.25, 0.3) is 0 Å². The number of hydrogen-bond donors (Lipinski definition) is 3. The van der Waals surface area contributed by atoms with E-state index < -0.39 is 23.5 Å². The molecule has 0 heterocycles. The standard InChI is InChI=1S/C44H66ClNO5/c1-27(2)30-16-21-44(34(47)26-46-25-28-10-12-29(45)13-11-28)23-22-42(8)31(37(30)44)14-15-33-41(7)19-18-35(51-36(48)24-39(3,4)38(49)50)40(5,6)32(41)17-20-43(33,42)9/h10-13,27,31-35,46-47H,14-26H2,1-9H3,(H,49,50)/t31-,32+,33-,34?,35+,41+,42-,43-,44-/m1/s1. The highest BCUT2D eigenvalue weighted by Gasteiger charge is 2.70. The van der Waals surface area contributed by atoms with Crippen LogP contribution in [0.4, 0.5) is 0 Å². The summed E-state index contributed by atoms with van der Waals surface area (Å²) in [5, 5.41) is 26.1. The molecule has 0 radical (unpaired) electrons. The van der Waals surface area contributed by atoms with Gasteiger partial charge >= 0.3 is 11.9 Å². The number of benzene rings is 1. The molecule has 51 heavy (non-hydrogen) atoms. The first-order valence-electron chi connectivity index (χ1n) is 20.0. The van der Waals surface area contributed by atoms with E-state index in [0.29, 0.717) is 30.2 Å². The summed E-state index contributed by atoms with van der Waals surface area (Å²) in [5.41, 5.74) is 3.42. The van der Waals surface area contributed by atoms with Crippen LogP contribution in [-0.4, -0.2) is 40.9 Å². The number of ether oxygens (including phenoxy) is 1. The molecule has 1 aromatic carbocycles. The maximum atomic E-state index is 13.1. The lowest BCUT2D eigenvalue weighted by Gasteiger charge is -2.72. The van der Waals surface area contributed by atoms with E-state index in [9.17, 15) is 19.8 Å². The molecular formula is C44H66ClNO5. The molecular weight excluding hydrogens is 658 g/mol. The Morgan fingerprint density at radius 2 is 1.61 bits per heavy atom. The maximum absolute atomic E-state index is 13.1. The van der Waals surface area contributed by atoms with Gasteiger partial charge in [-0.05, 0) is 136 Å². The van der Waals surface area contributed by atoms with E-state index in [4.69, 9.17) is 16.3 Å². The molecule has 1 aromatic rings. The van der Waals surface area contributed by atoms with Gasteiger partial charge in [0.2, 0.25) is 0 Å². The molecule has 1 unspecified atom stereocenters. The van der Waals surface area contributed by atoms with Crippen molar-refractivity contribution in [3.05, 3.63) is 46.0 Å².